The van der Waals surface area contributed by atoms with Gasteiger partial charge in [0.15, 0.2) is 0 Å². The number of benzene rings is 1. The summed E-state index contributed by atoms with van der Waals surface area (Å²) in [6.45, 7) is 1.01. The zero-order valence-corrected chi connectivity index (χ0v) is 12.8. The van der Waals surface area contributed by atoms with Gasteiger partial charge in [0.05, 0.1) is 12.8 Å². The molecule has 1 aliphatic rings. The van der Waals surface area contributed by atoms with Gasteiger partial charge in [-0.05, 0) is 31.0 Å². The van der Waals surface area contributed by atoms with Crippen LogP contribution in [0.3, 0.4) is 0 Å². The van der Waals surface area contributed by atoms with Gasteiger partial charge in [0.1, 0.15) is 5.82 Å². The van der Waals surface area contributed by atoms with E-state index in [9.17, 15) is 14.0 Å². The average molecular weight is 330 g/mol. The Kier molecular flexibility index (Phi) is 5.43. The Hall–Kier alpha value is -2.02. The molecule has 1 aromatic carbocycles. The quantitative estimate of drug-likeness (QED) is 0.876. The van der Waals surface area contributed by atoms with E-state index in [0.717, 1.165) is 6.07 Å². The first-order valence-corrected chi connectivity index (χ1v) is 7.23. The van der Waals surface area contributed by atoms with Crippen LogP contribution in [0.1, 0.15) is 12.8 Å². The minimum atomic E-state index is -0.594. The Morgan fingerprint density at radius 2 is 2.05 bits per heavy atom. The maximum Gasteiger partial charge on any atom is 0.409 e. The second-order valence-electron chi connectivity index (χ2n) is 4.95. The van der Waals surface area contributed by atoms with E-state index in [1.54, 1.807) is 4.90 Å². The number of urea groups is 1. The fraction of sp³-hybridized carbons (Fsp3) is 0.429. The van der Waals surface area contributed by atoms with Gasteiger partial charge in [-0.2, -0.15) is 0 Å². The highest BCUT2D eigenvalue weighted by Gasteiger charge is 2.24. The lowest BCUT2D eigenvalue weighted by atomic mass is 10.1. The first-order chi connectivity index (χ1) is 10.5. The van der Waals surface area contributed by atoms with Gasteiger partial charge in [-0.25, -0.2) is 14.0 Å². The molecule has 1 aromatic rings. The first-order valence-electron chi connectivity index (χ1n) is 6.85. The molecule has 0 aromatic heterocycles. The highest BCUT2D eigenvalue weighted by Crippen LogP contribution is 2.19. The van der Waals surface area contributed by atoms with Crippen molar-refractivity contribution in [3.63, 3.8) is 0 Å². The summed E-state index contributed by atoms with van der Waals surface area (Å²) in [6, 6.07) is 3.46. The molecule has 1 aliphatic heterocycles. The van der Waals surface area contributed by atoms with Gasteiger partial charge >= 0.3 is 12.1 Å². The maximum absolute atomic E-state index is 13.6. The Labute approximate surface area is 132 Å². The van der Waals surface area contributed by atoms with Crippen LogP contribution in [0.2, 0.25) is 5.02 Å². The van der Waals surface area contributed by atoms with Crippen LogP contribution in [0.4, 0.5) is 19.7 Å². The number of rotatable bonds is 2. The highest BCUT2D eigenvalue weighted by molar-refractivity contribution is 6.30. The number of hydrogen-bond donors (Lipinski definition) is 2. The smallest absolute Gasteiger partial charge is 0.409 e. The van der Waals surface area contributed by atoms with Crippen molar-refractivity contribution >= 4 is 29.4 Å². The zero-order valence-electron chi connectivity index (χ0n) is 12.1. The van der Waals surface area contributed by atoms with E-state index in [1.807, 2.05) is 0 Å². The van der Waals surface area contributed by atoms with E-state index < -0.39 is 11.8 Å². The summed E-state index contributed by atoms with van der Waals surface area (Å²) >= 11 is 5.65. The van der Waals surface area contributed by atoms with E-state index in [-0.39, 0.29) is 22.8 Å². The zero-order chi connectivity index (χ0) is 16.1. The summed E-state index contributed by atoms with van der Waals surface area (Å²) in [5.41, 5.74) is 0.0638. The summed E-state index contributed by atoms with van der Waals surface area (Å²) < 4.78 is 18.2. The number of carbonyl (C=O) groups is 2. The number of carbonyl (C=O) groups excluding carboxylic acids is 2. The van der Waals surface area contributed by atoms with Gasteiger partial charge in [0, 0.05) is 24.2 Å². The van der Waals surface area contributed by atoms with Crippen LogP contribution in [0.25, 0.3) is 0 Å². The monoisotopic (exact) mass is 329 g/mol. The number of ether oxygens (including phenoxy) is 1. The summed E-state index contributed by atoms with van der Waals surface area (Å²) in [6.07, 6.45) is 0.864. The third kappa shape index (κ3) is 4.24. The summed E-state index contributed by atoms with van der Waals surface area (Å²) in [7, 11) is 1.33. The number of nitrogens with one attached hydrogen (secondary N) is 2. The molecule has 1 fully saturated rings. The molecule has 22 heavy (non-hydrogen) atoms. The average Bonchev–Trinajstić information content (AvgIpc) is 2.50. The Balaban J connectivity index is 1.82. The maximum atomic E-state index is 13.6. The highest BCUT2D eigenvalue weighted by atomic mass is 35.5. The van der Waals surface area contributed by atoms with Crippen LogP contribution < -0.4 is 10.6 Å². The number of methoxy groups -OCH3 is 1. The van der Waals surface area contributed by atoms with Crippen LogP contribution >= 0.6 is 11.6 Å². The van der Waals surface area contributed by atoms with Gasteiger partial charge in [-0.1, -0.05) is 11.6 Å². The molecule has 0 saturated carbocycles. The number of piperidine rings is 1. The van der Waals surface area contributed by atoms with E-state index in [0.29, 0.717) is 25.9 Å². The van der Waals surface area contributed by atoms with E-state index in [1.165, 1.54) is 19.2 Å². The van der Waals surface area contributed by atoms with Gasteiger partial charge in [-0.15, -0.1) is 0 Å². The minimum absolute atomic E-state index is 0.0638. The van der Waals surface area contributed by atoms with E-state index in [4.69, 9.17) is 11.6 Å². The fourth-order valence-corrected chi connectivity index (χ4v) is 2.43. The third-order valence-corrected chi connectivity index (χ3v) is 3.68. The lowest BCUT2D eigenvalue weighted by Gasteiger charge is -2.31. The third-order valence-electron chi connectivity index (χ3n) is 3.44. The Morgan fingerprint density at radius 3 is 2.64 bits per heavy atom. The molecule has 0 bridgehead atoms. The molecule has 0 aliphatic carbocycles. The topological polar surface area (TPSA) is 70.7 Å². The van der Waals surface area contributed by atoms with Crippen molar-refractivity contribution in [2.45, 2.75) is 18.9 Å². The number of nitrogens with zero attached hydrogens (tertiary/aromatic N) is 1. The molecular weight excluding hydrogens is 313 g/mol. The molecular formula is C14H17ClFN3O3. The fourth-order valence-electron chi connectivity index (χ4n) is 2.27. The molecule has 1 heterocycles. The molecule has 0 radical (unpaired) electrons. The first kappa shape index (κ1) is 16.4. The number of likely N-dealkylation sites (tertiary alicyclic amines) is 1. The molecule has 2 rings (SSSR count). The predicted octanol–water partition coefficient (Wildman–Crippen LogP) is 2.83. The second-order valence-corrected chi connectivity index (χ2v) is 5.39. The molecule has 120 valence electrons. The van der Waals surface area contributed by atoms with Crippen LogP contribution in [0.5, 0.6) is 0 Å². The number of amides is 3. The van der Waals surface area contributed by atoms with Crippen molar-refractivity contribution in [1.29, 1.82) is 0 Å². The van der Waals surface area contributed by atoms with Crippen LogP contribution in [0.15, 0.2) is 18.2 Å². The lowest BCUT2D eigenvalue weighted by Crippen LogP contribution is -2.47. The molecule has 0 atom stereocenters. The van der Waals surface area contributed by atoms with Gasteiger partial charge in [0.2, 0.25) is 0 Å². The molecule has 0 unspecified atom stereocenters. The molecule has 0 spiro atoms. The molecule has 6 nitrogen and oxygen atoms in total. The van der Waals surface area contributed by atoms with Crippen molar-refractivity contribution in [1.82, 2.24) is 10.2 Å². The van der Waals surface area contributed by atoms with Gasteiger partial charge in [-0.3, -0.25) is 0 Å². The number of anilines is 1. The predicted molar refractivity (Wildman–Crippen MR) is 80.6 cm³/mol. The largest absolute Gasteiger partial charge is 0.453 e. The van der Waals surface area contributed by atoms with E-state index in [2.05, 4.69) is 15.4 Å². The van der Waals surface area contributed by atoms with Crippen molar-refractivity contribution in [2.24, 2.45) is 0 Å². The van der Waals surface area contributed by atoms with Crippen molar-refractivity contribution < 1.29 is 18.7 Å². The summed E-state index contributed by atoms with van der Waals surface area (Å²) in [5, 5.41) is 5.46. The van der Waals surface area contributed by atoms with Crippen molar-refractivity contribution in [3.05, 3.63) is 29.0 Å². The number of hydrogen-bond acceptors (Lipinski definition) is 3. The molecule has 8 heteroatoms. The Bertz CT molecular complexity index is 562. The van der Waals surface area contributed by atoms with Crippen LogP contribution in [0, 0.1) is 5.82 Å². The summed E-state index contributed by atoms with van der Waals surface area (Å²) in [4.78, 5) is 24.8. The van der Waals surface area contributed by atoms with Gasteiger partial charge in [0.25, 0.3) is 0 Å². The minimum Gasteiger partial charge on any atom is -0.453 e. The normalized spacial score (nSPS) is 15.3. The SMILES string of the molecule is COC(=O)N1CCC(NC(=O)Nc2ccc(Cl)cc2F)CC1. The second kappa shape index (κ2) is 7.31. The lowest BCUT2D eigenvalue weighted by molar-refractivity contribution is 0.110. The van der Waals surface area contributed by atoms with Gasteiger partial charge < -0.3 is 20.3 Å². The Morgan fingerprint density at radius 1 is 1.36 bits per heavy atom. The number of halogens is 2. The van der Waals surface area contributed by atoms with Crippen molar-refractivity contribution in [3.8, 4) is 0 Å². The van der Waals surface area contributed by atoms with Crippen LogP contribution in [-0.2, 0) is 4.74 Å². The molecule has 1 saturated heterocycles. The van der Waals surface area contributed by atoms with Crippen molar-refractivity contribution in [2.75, 3.05) is 25.5 Å². The molecule has 3 amide bonds. The van der Waals surface area contributed by atoms with Crippen LogP contribution in [-0.4, -0.2) is 43.3 Å². The standard InChI is InChI=1S/C14H17ClFN3O3/c1-22-14(21)19-6-4-10(5-7-19)17-13(20)18-12-3-2-9(15)8-11(12)16/h2-3,8,10H,4-7H2,1H3,(H2,17,18,20). The molecule has 2 N–H and O–H groups in total. The summed E-state index contributed by atoms with van der Waals surface area (Å²) in [5.74, 6) is -0.594. The van der Waals surface area contributed by atoms with E-state index >= 15 is 0 Å².